The van der Waals surface area contributed by atoms with E-state index < -0.39 is 12.0 Å². The van der Waals surface area contributed by atoms with E-state index in [9.17, 15) is 14.4 Å². The van der Waals surface area contributed by atoms with Crippen molar-refractivity contribution in [2.75, 3.05) is 19.3 Å². The largest absolute Gasteiger partial charge is 0.480 e. The minimum atomic E-state index is -0.885. The van der Waals surface area contributed by atoms with Crippen LogP contribution in [0.5, 0.6) is 0 Å². The number of unbranched alkanes of at least 4 members (excludes halogenated alkanes) is 1. The number of carboxylic acid groups (broad SMARTS) is 1. The molecule has 0 saturated carbocycles. The second-order valence-corrected chi connectivity index (χ2v) is 7.65. The number of piperidine rings is 1. The highest BCUT2D eigenvalue weighted by atomic mass is 32.2. The summed E-state index contributed by atoms with van der Waals surface area (Å²) in [6, 6.07) is -0.589. The Labute approximate surface area is 153 Å². The number of amides is 2. The van der Waals surface area contributed by atoms with E-state index in [0.717, 1.165) is 18.6 Å². The standard InChI is InChI=1S/C17H29N3O4S/c1-12(18)6-5-11-25-14-8-9-15(21)20(16(14)22)10-4-3-7-13(19-2)17(23)24/h13-14,18-19H,3-11H2,1-2H3,(H,23,24)/t13-,14?/m0/s1. The molecule has 1 heterocycles. The molecule has 1 aliphatic rings. The number of carbonyl (C=O) groups excluding carboxylic acids is 2. The van der Waals surface area contributed by atoms with Crippen molar-refractivity contribution in [3.05, 3.63) is 0 Å². The molecule has 3 N–H and O–H groups in total. The lowest BCUT2D eigenvalue weighted by Gasteiger charge is -2.30. The summed E-state index contributed by atoms with van der Waals surface area (Å²) in [4.78, 5) is 36.8. The van der Waals surface area contributed by atoms with E-state index in [0.29, 0.717) is 44.4 Å². The summed E-state index contributed by atoms with van der Waals surface area (Å²) >= 11 is 1.58. The van der Waals surface area contributed by atoms with E-state index in [2.05, 4.69) is 5.32 Å². The van der Waals surface area contributed by atoms with Gasteiger partial charge in [0.05, 0.1) is 5.25 Å². The van der Waals surface area contributed by atoms with Gasteiger partial charge in [-0.1, -0.05) is 0 Å². The lowest BCUT2D eigenvalue weighted by Crippen LogP contribution is -2.47. The Hall–Kier alpha value is -1.41. The van der Waals surface area contributed by atoms with Gasteiger partial charge in [-0.3, -0.25) is 19.3 Å². The molecule has 2 atom stereocenters. The molecule has 7 nitrogen and oxygen atoms in total. The van der Waals surface area contributed by atoms with Crippen molar-refractivity contribution < 1.29 is 19.5 Å². The molecule has 0 aromatic carbocycles. The van der Waals surface area contributed by atoms with Gasteiger partial charge in [0.15, 0.2) is 0 Å². The number of thioether (sulfide) groups is 1. The first kappa shape index (κ1) is 21.6. The average molecular weight is 372 g/mol. The summed E-state index contributed by atoms with van der Waals surface area (Å²) in [6.45, 7) is 2.14. The summed E-state index contributed by atoms with van der Waals surface area (Å²) in [6.07, 6.45) is 4.33. The highest BCUT2D eigenvalue weighted by Crippen LogP contribution is 2.26. The van der Waals surface area contributed by atoms with E-state index in [1.807, 2.05) is 0 Å². The summed E-state index contributed by atoms with van der Waals surface area (Å²) in [5.74, 6) is -0.307. The van der Waals surface area contributed by atoms with Crippen LogP contribution in [-0.4, -0.2) is 64.1 Å². The van der Waals surface area contributed by atoms with Gasteiger partial charge in [-0.15, -0.1) is 11.8 Å². The summed E-state index contributed by atoms with van der Waals surface area (Å²) in [7, 11) is 1.61. The Morgan fingerprint density at radius 3 is 2.72 bits per heavy atom. The molecule has 0 radical (unpaired) electrons. The number of rotatable bonds is 12. The molecule has 25 heavy (non-hydrogen) atoms. The fourth-order valence-corrected chi connectivity index (χ4v) is 3.92. The second kappa shape index (κ2) is 11.3. The van der Waals surface area contributed by atoms with Crippen LogP contribution in [-0.2, 0) is 14.4 Å². The van der Waals surface area contributed by atoms with Crippen LogP contribution in [0.2, 0.25) is 0 Å². The number of carbonyl (C=O) groups is 3. The Bertz CT molecular complexity index is 498. The zero-order valence-electron chi connectivity index (χ0n) is 15.0. The molecule has 142 valence electrons. The third-order valence-corrected chi connectivity index (χ3v) is 5.61. The third kappa shape index (κ3) is 7.56. The normalized spacial score (nSPS) is 19.1. The van der Waals surface area contributed by atoms with Crippen LogP contribution in [0.3, 0.4) is 0 Å². The maximum Gasteiger partial charge on any atom is 0.320 e. The van der Waals surface area contributed by atoms with Gasteiger partial charge in [-0.25, -0.2) is 0 Å². The van der Waals surface area contributed by atoms with Crippen LogP contribution >= 0.6 is 11.8 Å². The highest BCUT2D eigenvalue weighted by Gasteiger charge is 2.33. The number of nitrogens with zero attached hydrogens (tertiary/aromatic N) is 1. The number of likely N-dealkylation sites (tertiary alicyclic amines) is 1. The van der Waals surface area contributed by atoms with Crippen molar-refractivity contribution in [2.45, 2.75) is 63.2 Å². The minimum Gasteiger partial charge on any atom is -0.480 e. The van der Waals surface area contributed by atoms with Crippen molar-refractivity contribution in [1.82, 2.24) is 10.2 Å². The average Bonchev–Trinajstić information content (AvgIpc) is 2.55. The van der Waals surface area contributed by atoms with Crippen molar-refractivity contribution >= 4 is 35.3 Å². The Balaban J connectivity index is 2.38. The van der Waals surface area contributed by atoms with E-state index in [1.54, 1.807) is 25.7 Å². The van der Waals surface area contributed by atoms with Gasteiger partial charge in [-0.05, 0) is 58.2 Å². The zero-order valence-corrected chi connectivity index (χ0v) is 15.9. The fraction of sp³-hybridized carbons (Fsp3) is 0.765. The fourth-order valence-electron chi connectivity index (χ4n) is 2.77. The van der Waals surface area contributed by atoms with E-state index in [-0.39, 0.29) is 17.1 Å². The molecule has 1 saturated heterocycles. The van der Waals surface area contributed by atoms with Crippen molar-refractivity contribution in [2.24, 2.45) is 0 Å². The maximum absolute atomic E-state index is 12.5. The van der Waals surface area contributed by atoms with Crippen molar-refractivity contribution in [3.63, 3.8) is 0 Å². The molecule has 8 heteroatoms. The highest BCUT2D eigenvalue weighted by molar-refractivity contribution is 8.00. The molecule has 1 aliphatic heterocycles. The SMILES string of the molecule is CN[C@@H](CCCCN1C(=O)CCC(SCCCC(C)=N)C1=O)C(=O)O. The van der Waals surface area contributed by atoms with Crippen LogP contribution in [0, 0.1) is 5.41 Å². The van der Waals surface area contributed by atoms with Gasteiger partial charge in [-0.2, -0.15) is 0 Å². The van der Waals surface area contributed by atoms with E-state index in [1.165, 1.54) is 4.90 Å². The molecule has 0 bridgehead atoms. The first-order valence-electron chi connectivity index (χ1n) is 8.76. The number of hydrogen-bond donors (Lipinski definition) is 3. The predicted molar refractivity (Wildman–Crippen MR) is 99.2 cm³/mol. The van der Waals surface area contributed by atoms with Gasteiger partial charge in [0, 0.05) is 18.7 Å². The van der Waals surface area contributed by atoms with Gasteiger partial charge < -0.3 is 15.8 Å². The van der Waals surface area contributed by atoms with Crippen LogP contribution < -0.4 is 5.32 Å². The van der Waals surface area contributed by atoms with Gasteiger partial charge >= 0.3 is 5.97 Å². The molecule has 0 spiro atoms. The molecular formula is C17H29N3O4S. The Morgan fingerprint density at radius 2 is 2.12 bits per heavy atom. The van der Waals surface area contributed by atoms with Crippen LogP contribution in [0.4, 0.5) is 0 Å². The molecule has 1 rings (SSSR count). The monoisotopic (exact) mass is 371 g/mol. The number of aliphatic carboxylic acids is 1. The lowest BCUT2D eigenvalue weighted by molar-refractivity contribution is -0.147. The topological polar surface area (TPSA) is 111 Å². The number of imide groups is 1. The summed E-state index contributed by atoms with van der Waals surface area (Å²) in [5, 5.41) is 19.0. The molecule has 1 fully saturated rings. The van der Waals surface area contributed by atoms with Crippen LogP contribution in [0.1, 0.15) is 51.9 Å². The van der Waals surface area contributed by atoms with E-state index in [4.69, 9.17) is 10.5 Å². The Morgan fingerprint density at radius 1 is 1.40 bits per heavy atom. The predicted octanol–water partition coefficient (Wildman–Crippen LogP) is 1.90. The molecular weight excluding hydrogens is 342 g/mol. The molecule has 0 aromatic heterocycles. The van der Waals surface area contributed by atoms with Crippen molar-refractivity contribution in [1.29, 1.82) is 5.41 Å². The summed E-state index contributed by atoms with van der Waals surface area (Å²) in [5.41, 5.74) is 0.647. The van der Waals surface area contributed by atoms with Crippen LogP contribution in [0.15, 0.2) is 0 Å². The minimum absolute atomic E-state index is 0.115. The molecule has 2 amide bonds. The first-order chi connectivity index (χ1) is 11.9. The molecule has 0 aliphatic carbocycles. The first-order valence-corrected chi connectivity index (χ1v) is 9.81. The van der Waals surface area contributed by atoms with Crippen molar-refractivity contribution in [3.8, 4) is 0 Å². The molecule has 1 unspecified atom stereocenters. The molecule has 0 aromatic rings. The summed E-state index contributed by atoms with van der Waals surface area (Å²) < 4.78 is 0. The number of hydrogen-bond acceptors (Lipinski definition) is 6. The number of carboxylic acids is 1. The quantitative estimate of drug-likeness (QED) is 0.274. The second-order valence-electron chi connectivity index (χ2n) is 6.34. The van der Waals surface area contributed by atoms with Gasteiger partial charge in [0.1, 0.15) is 6.04 Å². The number of likely N-dealkylation sites (N-methyl/N-ethyl adjacent to an activating group) is 1. The lowest BCUT2D eigenvalue weighted by atomic mass is 10.1. The Kier molecular flexibility index (Phi) is 9.74. The maximum atomic E-state index is 12.5. The van der Waals surface area contributed by atoms with Gasteiger partial charge in [0.25, 0.3) is 0 Å². The third-order valence-electron chi connectivity index (χ3n) is 4.25. The van der Waals surface area contributed by atoms with Crippen LogP contribution in [0.25, 0.3) is 0 Å². The smallest absolute Gasteiger partial charge is 0.320 e. The van der Waals surface area contributed by atoms with Gasteiger partial charge in [0.2, 0.25) is 11.8 Å². The number of nitrogens with one attached hydrogen (secondary N) is 2. The van der Waals surface area contributed by atoms with E-state index >= 15 is 0 Å². The zero-order chi connectivity index (χ0) is 18.8.